The number of aromatic nitrogens is 2. The molecule has 2 heterocycles. The Balaban J connectivity index is 1.86. The van der Waals surface area contributed by atoms with Gasteiger partial charge in [0.15, 0.2) is 12.3 Å². The molecule has 1 fully saturated rings. The van der Waals surface area contributed by atoms with Gasteiger partial charge in [-0.15, -0.1) is 0 Å². The number of unbranched alkanes of at least 4 members (excludes halogenated alkanes) is 3. The van der Waals surface area contributed by atoms with Crippen molar-refractivity contribution < 1.29 is 66.3 Å². The Hall–Kier alpha value is -5.10. The number of nitrogens with zero attached hydrogens (tertiary/aromatic N) is 2. The Morgan fingerprint density at radius 1 is 0.645 bits per heavy atom. The topological polar surface area (TPSA) is 265 Å². The van der Waals surface area contributed by atoms with Crippen LogP contribution in [0.1, 0.15) is 136 Å². The molecule has 1 aromatic rings. The van der Waals surface area contributed by atoms with Gasteiger partial charge >= 0.3 is 33.3 Å². The van der Waals surface area contributed by atoms with Crippen molar-refractivity contribution in [3.05, 3.63) is 156 Å². The fraction of sp³-hybridized carbons (Fsp3) is 0.500. The van der Waals surface area contributed by atoms with Crippen LogP contribution < -0.4 is 11.4 Å². The van der Waals surface area contributed by atoms with Crippen molar-refractivity contribution in [1.82, 2.24) is 9.55 Å². The molecule has 1 aliphatic rings. The van der Waals surface area contributed by atoms with Gasteiger partial charge in [0.25, 0.3) is 0 Å². The van der Waals surface area contributed by atoms with Gasteiger partial charge in [0.1, 0.15) is 30.7 Å². The first kappa shape index (κ1) is 67.0. The van der Waals surface area contributed by atoms with E-state index < -0.39 is 83.7 Å². The Morgan fingerprint density at radius 3 is 1.57 bits per heavy atom. The fourth-order valence-corrected chi connectivity index (χ4v) is 8.84. The number of carbonyl (C=O) groups excluding carboxylic acids is 2. The van der Waals surface area contributed by atoms with Crippen molar-refractivity contribution in [2.45, 2.75) is 160 Å². The monoisotopic (exact) mass is 1100 g/mol. The number of nitrogens with two attached hydrogens (primary N) is 1. The van der Waals surface area contributed by atoms with Gasteiger partial charge < -0.3 is 39.9 Å². The summed E-state index contributed by atoms with van der Waals surface area (Å²) in [4.78, 5) is 61.9. The zero-order chi connectivity index (χ0) is 55.5. The number of anilines is 1. The lowest BCUT2D eigenvalue weighted by atomic mass is 10.1. The minimum absolute atomic E-state index is 0.0211. The molecule has 1 aromatic heterocycles. The minimum Gasteiger partial charge on any atom is -0.462 e. The average molecular weight is 1100 g/mol. The highest BCUT2D eigenvalue weighted by atomic mass is 31.3. The molecule has 3 unspecified atom stereocenters. The van der Waals surface area contributed by atoms with Crippen molar-refractivity contribution in [1.29, 1.82) is 0 Å². The van der Waals surface area contributed by atoms with E-state index in [1.165, 1.54) is 25.3 Å². The van der Waals surface area contributed by atoms with Crippen LogP contribution in [0.15, 0.2) is 151 Å². The van der Waals surface area contributed by atoms with Gasteiger partial charge in [-0.1, -0.05) is 160 Å². The van der Waals surface area contributed by atoms with Gasteiger partial charge in [0, 0.05) is 19.0 Å². The maximum absolute atomic E-state index is 12.9. The first-order valence-corrected chi connectivity index (χ1v) is 29.2. The smallest absolute Gasteiger partial charge is 0.462 e. The van der Waals surface area contributed by atoms with Crippen LogP contribution in [-0.2, 0) is 46.3 Å². The minimum atomic E-state index is -5.47. The number of phosphoric ester groups is 2. The van der Waals surface area contributed by atoms with Crippen molar-refractivity contribution in [3.63, 3.8) is 0 Å². The number of nitrogen functional groups attached to an aromatic ring is 1. The molecule has 422 valence electrons. The second-order valence-corrected chi connectivity index (χ2v) is 20.3. The quantitative estimate of drug-likeness (QED) is 0.0177. The van der Waals surface area contributed by atoms with E-state index in [0.29, 0.717) is 25.7 Å². The molecule has 0 bridgehead atoms. The van der Waals surface area contributed by atoms with Gasteiger partial charge in [0.05, 0.1) is 13.2 Å². The maximum atomic E-state index is 12.9. The second-order valence-electron chi connectivity index (χ2n) is 17.3. The maximum Gasteiger partial charge on any atom is 0.481 e. The normalized spacial score (nSPS) is 19.8. The van der Waals surface area contributed by atoms with Crippen molar-refractivity contribution >= 4 is 33.4 Å². The Bertz CT molecular complexity index is 2300. The third kappa shape index (κ3) is 33.8. The summed E-state index contributed by atoms with van der Waals surface area (Å²) in [6, 6.07) is 1.24. The van der Waals surface area contributed by atoms with Crippen molar-refractivity contribution in [2.24, 2.45) is 0 Å². The van der Waals surface area contributed by atoms with E-state index in [0.717, 1.165) is 68.6 Å². The second kappa shape index (κ2) is 42.0. The molecule has 20 heteroatoms. The molecule has 0 aliphatic carbocycles. The first-order chi connectivity index (χ1) is 36.7. The zero-order valence-corrected chi connectivity index (χ0v) is 46.0. The fourth-order valence-electron chi connectivity index (χ4n) is 6.73. The van der Waals surface area contributed by atoms with E-state index in [-0.39, 0.29) is 18.7 Å². The molecule has 2 rings (SSSR count). The lowest BCUT2D eigenvalue weighted by Crippen LogP contribution is -2.36. The summed E-state index contributed by atoms with van der Waals surface area (Å²) < 4.78 is 56.6. The molecule has 1 aliphatic heterocycles. The molecule has 1 saturated heterocycles. The first-order valence-electron chi connectivity index (χ1n) is 26.2. The van der Waals surface area contributed by atoms with Gasteiger partial charge in [-0.05, 0) is 96.0 Å². The molecular weight excluding hydrogens is 1020 g/mol. The number of esters is 2. The summed E-state index contributed by atoms with van der Waals surface area (Å²) in [7, 11) is -10.9. The average Bonchev–Trinajstić information content (AvgIpc) is 3.66. The van der Waals surface area contributed by atoms with Crippen LogP contribution in [0, 0.1) is 0 Å². The highest BCUT2D eigenvalue weighted by Gasteiger charge is 2.46. The van der Waals surface area contributed by atoms with E-state index in [9.17, 15) is 43.5 Å². The predicted molar refractivity (Wildman–Crippen MR) is 297 cm³/mol. The number of carbonyl (C=O) groups is 2. The summed E-state index contributed by atoms with van der Waals surface area (Å²) in [6.07, 6.45) is 52.7. The standard InChI is InChI=1S/C56H83N3O15P2/c1-3-5-7-9-11-13-15-17-19-21-23-25-27-29-31-33-35-37-39-41-51(60)69-45-48(72-52(61)42-40-38-36-34-32-30-28-26-24-22-20-18-16-14-12-10-8-6-4-2)46-70-75(65,66)74-76(67,68)71-47-49-53(62)54(63)55(73-49)59-44-43-50(57)58-56(59)64/h6,8,11-14,17-20,23-26,29-32,35-38,43-44,48-49,53-55,62-63H,3-5,7,9-10,15-16,21-22,27-28,33-34,39-42,45-47H2,1-2H3,(H,65,66)(H,67,68)(H2,57,58,64)/b8-6-,13-11-,14-12-,19-17-,20-18-,25-23-,26-24-,31-29-,32-30-,37-35-,38-36-/t48-,49-,53+,54?,55-/m1/s1. The molecule has 6 N–H and O–H groups in total. The van der Waals surface area contributed by atoms with Crippen LogP contribution in [0.5, 0.6) is 0 Å². The predicted octanol–water partition coefficient (Wildman–Crippen LogP) is 11.3. The van der Waals surface area contributed by atoms with E-state index in [2.05, 4.69) is 114 Å². The molecule has 0 aromatic carbocycles. The Morgan fingerprint density at radius 2 is 1.09 bits per heavy atom. The summed E-state index contributed by atoms with van der Waals surface area (Å²) in [5.41, 5.74) is 4.58. The van der Waals surface area contributed by atoms with E-state index >= 15 is 0 Å². The van der Waals surface area contributed by atoms with E-state index in [1.54, 1.807) is 6.08 Å². The summed E-state index contributed by atoms with van der Waals surface area (Å²) >= 11 is 0. The third-order valence-electron chi connectivity index (χ3n) is 10.7. The Labute approximate surface area is 449 Å². The van der Waals surface area contributed by atoms with Crippen LogP contribution in [0.25, 0.3) is 0 Å². The number of phosphoric acid groups is 2. The molecule has 7 atom stereocenters. The molecule has 0 spiro atoms. The van der Waals surface area contributed by atoms with Crippen LogP contribution in [-0.4, -0.2) is 85.7 Å². The molecule has 0 amide bonds. The van der Waals surface area contributed by atoms with Crippen LogP contribution in [0.3, 0.4) is 0 Å². The molecule has 18 nitrogen and oxygen atoms in total. The highest BCUT2D eigenvalue weighted by molar-refractivity contribution is 7.61. The number of ether oxygens (including phenoxy) is 3. The van der Waals surface area contributed by atoms with Gasteiger partial charge in [0.2, 0.25) is 0 Å². The molecule has 0 radical (unpaired) electrons. The van der Waals surface area contributed by atoms with Crippen LogP contribution >= 0.6 is 15.6 Å². The molecule has 0 saturated carbocycles. The van der Waals surface area contributed by atoms with Crippen LogP contribution in [0.4, 0.5) is 5.82 Å². The van der Waals surface area contributed by atoms with Gasteiger partial charge in [-0.25, -0.2) is 13.9 Å². The third-order valence-corrected chi connectivity index (χ3v) is 13.3. The number of hydrogen-bond donors (Lipinski definition) is 5. The number of aliphatic hydroxyl groups excluding tert-OH is 2. The van der Waals surface area contributed by atoms with E-state index in [4.69, 9.17) is 29.0 Å². The molecular formula is C56H83N3O15P2. The summed E-state index contributed by atoms with van der Waals surface area (Å²) in [5, 5.41) is 20.9. The van der Waals surface area contributed by atoms with Crippen molar-refractivity contribution in [3.8, 4) is 0 Å². The Kier molecular flexibility index (Phi) is 37.0. The number of aliphatic hydroxyl groups is 2. The largest absolute Gasteiger partial charge is 0.481 e. The number of hydrogen-bond acceptors (Lipinski definition) is 15. The summed E-state index contributed by atoms with van der Waals surface area (Å²) in [5.74, 6) is -1.51. The van der Waals surface area contributed by atoms with Crippen molar-refractivity contribution in [2.75, 3.05) is 25.6 Å². The number of rotatable bonds is 41. The SMILES string of the molecule is CC/C=C\C/C=C\C/C=C\C/C=C\C/C=C\C/C=C\CCC(=O)O[C@H](COC(=O)CC/C=C\C/C=C\C/C=C\C/C=C\C/C=C\CCCCC)COP(=O)(O)OP(=O)(O)OC[C@H]1O[C@@H](n2ccc(N)nc2=O)C(O)[C@H]1O. The zero-order valence-electron chi connectivity index (χ0n) is 44.2. The number of allylic oxidation sites excluding steroid dienone is 22. The highest BCUT2D eigenvalue weighted by Crippen LogP contribution is 2.60. The van der Waals surface area contributed by atoms with Crippen LogP contribution in [0.2, 0.25) is 0 Å². The summed E-state index contributed by atoms with van der Waals surface area (Å²) in [6.45, 7) is 1.86. The van der Waals surface area contributed by atoms with Gasteiger partial charge in [-0.2, -0.15) is 9.29 Å². The lowest BCUT2D eigenvalue weighted by Gasteiger charge is -2.21. The van der Waals surface area contributed by atoms with Gasteiger partial charge in [-0.3, -0.25) is 23.2 Å². The lowest BCUT2D eigenvalue weighted by molar-refractivity contribution is -0.161. The molecule has 76 heavy (non-hydrogen) atoms. The van der Waals surface area contributed by atoms with E-state index in [1.807, 2.05) is 36.5 Å².